The van der Waals surface area contributed by atoms with Gasteiger partial charge in [-0.2, -0.15) is 13.2 Å². The largest absolute Gasteiger partial charge is 0.399 e. The molecule has 0 spiro atoms. The van der Waals surface area contributed by atoms with E-state index in [-0.39, 0.29) is 23.3 Å². The number of carbonyl (C=O) groups is 1. The normalized spacial score (nSPS) is 9.88. The van der Waals surface area contributed by atoms with Gasteiger partial charge in [-0.1, -0.05) is 49.9 Å². The van der Waals surface area contributed by atoms with Gasteiger partial charge in [0, 0.05) is 17.1 Å². The molecular weight excluding hydrogens is 446 g/mol. The van der Waals surface area contributed by atoms with Crippen molar-refractivity contribution in [3.63, 3.8) is 0 Å². The molecule has 0 aliphatic carbocycles. The highest BCUT2D eigenvalue weighted by Crippen LogP contribution is 2.41. The van der Waals surface area contributed by atoms with Crippen LogP contribution in [0.25, 0.3) is 0 Å². The van der Waals surface area contributed by atoms with Crippen LogP contribution in [0.15, 0.2) is 60.7 Å². The molecule has 0 saturated heterocycles. The lowest BCUT2D eigenvalue weighted by Crippen LogP contribution is -2.22. The van der Waals surface area contributed by atoms with Crippen LogP contribution >= 0.6 is 0 Å². The van der Waals surface area contributed by atoms with E-state index in [0.717, 1.165) is 17.5 Å². The predicted molar refractivity (Wildman–Crippen MR) is 136 cm³/mol. The fourth-order valence-electron chi connectivity index (χ4n) is 2.91. The number of anilines is 3. The van der Waals surface area contributed by atoms with Gasteiger partial charge in [0.15, 0.2) is 0 Å². The number of nitrogen functional groups attached to an aromatic ring is 3. The Labute approximate surface area is 199 Å². The van der Waals surface area contributed by atoms with E-state index in [1.807, 2.05) is 31.2 Å². The van der Waals surface area contributed by atoms with Gasteiger partial charge in [-0.15, -0.1) is 0 Å². The maximum atomic E-state index is 13.5. The van der Waals surface area contributed by atoms with Crippen LogP contribution in [-0.4, -0.2) is 12.5 Å². The fourth-order valence-corrected chi connectivity index (χ4v) is 2.91. The Hall–Kier alpha value is -3.55. The molecule has 0 fully saturated rings. The molecule has 6 N–H and O–H groups in total. The molecule has 0 aliphatic heterocycles. The number of alkyl halides is 3. The van der Waals surface area contributed by atoms with Crippen molar-refractivity contribution < 1.29 is 22.7 Å². The second-order valence-electron chi connectivity index (χ2n) is 7.30. The van der Waals surface area contributed by atoms with E-state index < -0.39 is 12.1 Å². The SMILES string of the molecule is C.CC=O.Cc1cc(C(c2ccc(N)c(C)c2)C(F)(F)F)ccc1N.Cc1ccccc1N.F. The molecule has 3 aromatic rings. The lowest BCUT2D eigenvalue weighted by molar-refractivity contribution is -0.141. The first-order valence-corrected chi connectivity index (χ1v) is 9.92. The minimum atomic E-state index is -4.38. The topological polar surface area (TPSA) is 95.1 Å². The van der Waals surface area contributed by atoms with Gasteiger partial charge in [0.2, 0.25) is 0 Å². The molecule has 0 radical (unpaired) electrons. The van der Waals surface area contributed by atoms with Crippen molar-refractivity contribution in [1.29, 1.82) is 0 Å². The third kappa shape index (κ3) is 9.52. The Kier molecular flexibility index (Phi) is 14.0. The zero-order valence-corrected chi connectivity index (χ0v) is 19.1. The highest BCUT2D eigenvalue weighted by atomic mass is 19.4. The van der Waals surface area contributed by atoms with E-state index >= 15 is 0 Å². The van der Waals surface area contributed by atoms with E-state index in [4.69, 9.17) is 22.0 Å². The summed E-state index contributed by atoms with van der Waals surface area (Å²) < 4.78 is 40.5. The number of aldehydes is 1. The van der Waals surface area contributed by atoms with Crippen LogP contribution in [0.3, 0.4) is 0 Å². The zero-order valence-electron chi connectivity index (χ0n) is 19.1. The summed E-state index contributed by atoms with van der Waals surface area (Å²) in [6.07, 6.45) is -3.63. The van der Waals surface area contributed by atoms with Crippen LogP contribution in [0, 0.1) is 20.8 Å². The number of halogens is 4. The maximum Gasteiger partial charge on any atom is 0.399 e. The third-order valence-corrected chi connectivity index (χ3v) is 4.77. The summed E-state index contributed by atoms with van der Waals surface area (Å²) in [5.74, 6) is -1.68. The van der Waals surface area contributed by atoms with Gasteiger partial charge >= 0.3 is 6.18 Å². The number of hydrogen-bond acceptors (Lipinski definition) is 4. The van der Waals surface area contributed by atoms with E-state index in [0.29, 0.717) is 22.5 Å². The molecule has 3 rings (SSSR count). The molecule has 4 nitrogen and oxygen atoms in total. The van der Waals surface area contributed by atoms with E-state index in [1.54, 1.807) is 13.8 Å². The summed E-state index contributed by atoms with van der Waals surface area (Å²) in [6.45, 7) is 6.83. The molecular formula is C26H35F4N3O. The second kappa shape index (κ2) is 14.6. The highest BCUT2D eigenvalue weighted by molar-refractivity contribution is 5.53. The Balaban J connectivity index is 0. The molecule has 3 aromatic carbocycles. The lowest BCUT2D eigenvalue weighted by atomic mass is 9.88. The van der Waals surface area contributed by atoms with Gasteiger partial charge in [0.05, 0.1) is 0 Å². The number of para-hydroxylation sites is 1. The molecule has 0 atom stereocenters. The number of nitrogens with two attached hydrogens (primary N) is 3. The number of rotatable bonds is 2. The lowest BCUT2D eigenvalue weighted by Gasteiger charge is -2.22. The number of benzene rings is 3. The summed E-state index contributed by atoms with van der Waals surface area (Å²) in [7, 11) is 0. The smallest absolute Gasteiger partial charge is 0.399 e. The minimum Gasteiger partial charge on any atom is -0.399 e. The van der Waals surface area contributed by atoms with Crippen molar-refractivity contribution in [2.24, 2.45) is 0 Å². The predicted octanol–water partition coefficient (Wildman–Crippen LogP) is 6.73. The number of carbonyl (C=O) groups excluding carboxylic acids is 1. The van der Waals surface area contributed by atoms with Crippen molar-refractivity contribution in [2.45, 2.75) is 47.2 Å². The van der Waals surface area contributed by atoms with Crippen LogP contribution in [0.2, 0.25) is 0 Å². The van der Waals surface area contributed by atoms with Gasteiger partial charge in [-0.3, -0.25) is 4.70 Å². The van der Waals surface area contributed by atoms with Crippen LogP contribution < -0.4 is 17.2 Å². The monoisotopic (exact) mass is 481 g/mol. The molecule has 188 valence electrons. The molecule has 34 heavy (non-hydrogen) atoms. The summed E-state index contributed by atoms with van der Waals surface area (Å²) in [4.78, 5) is 8.81. The Morgan fingerprint density at radius 1 is 0.735 bits per heavy atom. The third-order valence-electron chi connectivity index (χ3n) is 4.77. The van der Waals surface area contributed by atoms with Gasteiger partial charge in [0.25, 0.3) is 0 Å². The first-order chi connectivity index (χ1) is 14.9. The quantitative estimate of drug-likeness (QED) is 0.215. The van der Waals surface area contributed by atoms with Gasteiger partial charge in [-0.25, -0.2) is 0 Å². The zero-order chi connectivity index (χ0) is 24.5. The maximum absolute atomic E-state index is 13.5. The molecule has 0 aliphatic rings. The molecule has 0 unspecified atom stereocenters. The van der Waals surface area contributed by atoms with Crippen LogP contribution in [-0.2, 0) is 4.79 Å². The second-order valence-corrected chi connectivity index (χ2v) is 7.30. The average Bonchev–Trinajstić information content (AvgIpc) is 2.70. The van der Waals surface area contributed by atoms with Crippen LogP contribution in [0.1, 0.15) is 48.1 Å². The Morgan fingerprint density at radius 2 is 1.09 bits per heavy atom. The van der Waals surface area contributed by atoms with Crippen LogP contribution in [0.5, 0.6) is 0 Å². The van der Waals surface area contributed by atoms with Crippen LogP contribution in [0.4, 0.5) is 34.9 Å². The van der Waals surface area contributed by atoms with E-state index in [2.05, 4.69) is 0 Å². The first kappa shape index (κ1) is 32.6. The highest BCUT2D eigenvalue weighted by Gasteiger charge is 2.42. The molecule has 0 bridgehead atoms. The molecule has 8 heteroatoms. The number of hydrogen-bond donors (Lipinski definition) is 3. The first-order valence-electron chi connectivity index (χ1n) is 9.92. The average molecular weight is 482 g/mol. The van der Waals surface area contributed by atoms with Crippen molar-refractivity contribution in [1.82, 2.24) is 0 Å². The summed E-state index contributed by atoms with van der Waals surface area (Å²) in [5, 5.41) is 0. The van der Waals surface area contributed by atoms with E-state index in [9.17, 15) is 13.2 Å². The molecule has 0 amide bonds. The molecule has 0 aromatic heterocycles. The molecule has 0 heterocycles. The summed E-state index contributed by atoms with van der Waals surface area (Å²) >= 11 is 0. The van der Waals surface area contributed by atoms with Gasteiger partial charge in [-0.05, 0) is 73.7 Å². The Morgan fingerprint density at radius 3 is 1.35 bits per heavy atom. The van der Waals surface area contributed by atoms with Crippen molar-refractivity contribution in [2.75, 3.05) is 17.2 Å². The van der Waals surface area contributed by atoms with E-state index in [1.165, 1.54) is 43.3 Å². The van der Waals surface area contributed by atoms with Crippen molar-refractivity contribution in [3.8, 4) is 0 Å². The summed E-state index contributed by atoms with van der Waals surface area (Å²) in [6, 6.07) is 16.6. The standard InChI is InChI=1S/C16H17F3N2.C7H9N.C2H4O.CH4.FH/c1-9-7-11(3-5-13(9)20)15(16(17,18)19)12-4-6-14(21)10(2)8-12;1-6-4-2-3-5-7(6)8;1-2-3;;/h3-8,15H,20-21H2,1-2H3;2-5H,8H2,1H3;2H,1H3;1H4;1H. The number of aryl methyl sites for hydroxylation is 3. The van der Waals surface area contributed by atoms with Crippen molar-refractivity contribution >= 4 is 23.3 Å². The minimum absolute atomic E-state index is 0. The molecule has 0 saturated carbocycles. The summed E-state index contributed by atoms with van der Waals surface area (Å²) in [5.41, 5.74) is 21.5. The van der Waals surface area contributed by atoms with Gasteiger partial charge in [0.1, 0.15) is 12.2 Å². The Bertz CT molecular complexity index is 964. The fraction of sp³-hybridized carbons (Fsp3) is 0.269. The van der Waals surface area contributed by atoms with Crippen molar-refractivity contribution in [3.05, 3.63) is 88.5 Å². The van der Waals surface area contributed by atoms with Gasteiger partial charge < -0.3 is 22.0 Å².